The lowest BCUT2D eigenvalue weighted by atomic mass is 9.88. The van der Waals surface area contributed by atoms with E-state index in [1.54, 1.807) is 0 Å². The van der Waals surface area contributed by atoms with E-state index in [0.717, 1.165) is 32.7 Å². The SMILES string of the molecule is CCC(C)(CN)CNCC1CCCO1. The maximum Gasteiger partial charge on any atom is 0.0700 e. The molecule has 0 radical (unpaired) electrons. The van der Waals surface area contributed by atoms with E-state index in [4.69, 9.17) is 10.5 Å². The van der Waals surface area contributed by atoms with E-state index in [1.807, 2.05) is 0 Å². The van der Waals surface area contributed by atoms with Crippen molar-refractivity contribution >= 4 is 0 Å². The van der Waals surface area contributed by atoms with Crippen LogP contribution in [0.25, 0.3) is 0 Å². The van der Waals surface area contributed by atoms with Gasteiger partial charge < -0.3 is 15.8 Å². The first-order valence-electron chi connectivity index (χ1n) is 5.72. The van der Waals surface area contributed by atoms with Crippen LogP contribution >= 0.6 is 0 Å². The molecule has 1 heterocycles. The molecule has 0 saturated carbocycles. The fraction of sp³-hybridized carbons (Fsp3) is 1.00. The van der Waals surface area contributed by atoms with Crippen molar-refractivity contribution in [1.29, 1.82) is 0 Å². The predicted molar refractivity (Wildman–Crippen MR) is 59.3 cm³/mol. The Morgan fingerprint density at radius 3 is 2.86 bits per heavy atom. The Morgan fingerprint density at radius 1 is 1.57 bits per heavy atom. The predicted octanol–water partition coefficient (Wildman–Crippen LogP) is 1.13. The van der Waals surface area contributed by atoms with E-state index >= 15 is 0 Å². The van der Waals surface area contributed by atoms with Crippen LogP contribution in [-0.4, -0.2) is 32.3 Å². The first-order valence-corrected chi connectivity index (χ1v) is 5.72. The highest BCUT2D eigenvalue weighted by molar-refractivity contribution is 4.77. The van der Waals surface area contributed by atoms with Crippen molar-refractivity contribution in [3.8, 4) is 0 Å². The molecule has 3 N–H and O–H groups in total. The largest absolute Gasteiger partial charge is 0.377 e. The van der Waals surface area contributed by atoms with Gasteiger partial charge in [0.25, 0.3) is 0 Å². The standard InChI is InChI=1S/C11H24N2O/c1-3-11(2,8-12)9-13-7-10-5-4-6-14-10/h10,13H,3-9,12H2,1-2H3. The normalized spacial score (nSPS) is 26.4. The lowest BCUT2D eigenvalue weighted by Gasteiger charge is -2.27. The van der Waals surface area contributed by atoms with E-state index in [9.17, 15) is 0 Å². The van der Waals surface area contributed by atoms with Gasteiger partial charge in [0.15, 0.2) is 0 Å². The van der Waals surface area contributed by atoms with Crippen LogP contribution in [0.5, 0.6) is 0 Å². The second kappa shape index (κ2) is 5.69. The molecule has 3 heteroatoms. The van der Waals surface area contributed by atoms with Gasteiger partial charge in [-0.25, -0.2) is 0 Å². The Kier molecular flexibility index (Phi) is 4.85. The van der Waals surface area contributed by atoms with Crippen molar-refractivity contribution in [3.05, 3.63) is 0 Å². The van der Waals surface area contributed by atoms with Crippen LogP contribution in [-0.2, 0) is 4.74 Å². The molecule has 0 aromatic carbocycles. The van der Waals surface area contributed by atoms with E-state index in [1.165, 1.54) is 12.8 Å². The summed E-state index contributed by atoms with van der Waals surface area (Å²) < 4.78 is 5.54. The molecule has 14 heavy (non-hydrogen) atoms. The summed E-state index contributed by atoms with van der Waals surface area (Å²) in [5, 5.41) is 3.46. The van der Waals surface area contributed by atoms with Gasteiger partial charge in [0, 0.05) is 19.7 Å². The second-order valence-corrected chi connectivity index (χ2v) is 4.63. The molecule has 0 aliphatic carbocycles. The minimum absolute atomic E-state index is 0.249. The Labute approximate surface area is 87.4 Å². The number of nitrogens with two attached hydrogens (primary N) is 1. The molecule has 1 fully saturated rings. The van der Waals surface area contributed by atoms with Crippen LogP contribution in [0, 0.1) is 5.41 Å². The summed E-state index contributed by atoms with van der Waals surface area (Å²) in [6.45, 7) is 8.10. The molecule has 0 aromatic rings. The maximum atomic E-state index is 5.74. The molecule has 1 rings (SSSR count). The Hall–Kier alpha value is -0.120. The molecule has 3 nitrogen and oxygen atoms in total. The minimum atomic E-state index is 0.249. The Morgan fingerprint density at radius 2 is 2.36 bits per heavy atom. The van der Waals surface area contributed by atoms with Crippen molar-refractivity contribution in [2.75, 3.05) is 26.2 Å². The summed E-state index contributed by atoms with van der Waals surface area (Å²) in [6, 6.07) is 0. The van der Waals surface area contributed by atoms with Gasteiger partial charge in [-0.1, -0.05) is 13.8 Å². The average Bonchev–Trinajstić information content (AvgIpc) is 2.70. The fourth-order valence-corrected chi connectivity index (χ4v) is 1.68. The second-order valence-electron chi connectivity index (χ2n) is 4.63. The van der Waals surface area contributed by atoms with E-state index in [-0.39, 0.29) is 5.41 Å². The summed E-state index contributed by atoms with van der Waals surface area (Å²) in [4.78, 5) is 0. The van der Waals surface area contributed by atoms with Crippen LogP contribution in [0.4, 0.5) is 0 Å². The first-order chi connectivity index (χ1) is 6.70. The molecule has 2 unspecified atom stereocenters. The number of rotatable bonds is 6. The lowest BCUT2D eigenvalue weighted by molar-refractivity contribution is 0.107. The number of ether oxygens (including phenoxy) is 1. The Balaban J connectivity index is 2.12. The molecule has 0 amide bonds. The van der Waals surface area contributed by atoms with Gasteiger partial charge in [0.05, 0.1) is 6.10 Å². The molecule has 0 spiro atoms. The molecular formula is C11H24N2O. The summed E-state index contributed by atoms with van der Waals surface area (Å²) in [5.41, 5.74) is 5.99. The molecule has 84 valence electrons. The monoisotopic (exact) mass is 200 g/mol. The zero-order valence-corrected chi connectivity index (χ0v) is 9.51. The molecule has 2 atom stereocenters. The van der Waals surface area contributed by atoms with Crippen LogP contribution in [0.15, 0.2) is 0 Å². The van der Waals surface area contributed by atoms with Gasteiger partial charge in [0.2, 0.25) is 0 Å². The molecule has 1 aliphatic rings. The zero-order chi connectivity index (χ0) is 10.4. The highest BCUT2D eigenvalue weighted by Gasteiger charge is 2.21. The van der Waals surface area contributed by atoms with E-state index in [0.29, 0.717) is 6.10 Å². The van der Waals surface area contributed by atoms with Gasteiger partial charge in [-0.15, -0.1) is 0 Å². The average molecular weight is 200 g/mol. The van der Waals surface area contributed by atoms with Crippen molar-refractivity contribution in [3.63, 3.8) is 0 Å². The third-order valence-electron chi connectivity index (χ3n) is 3.29. The maximum absolute atomic E-state index is 5.74. The third-order valence-corrected chi connectivity index (χ3v) is 3.29. The van der Waals surface area contributed by atoms with E-state index < -0.39 is 0 Å². The van der Waals surface area contributed by atoms with Crippen molar-refractivity contribution in [1.82, 2.24) is 5.32 Å². The Bertz CT molecular complexity index is 151. The summed E-state index contributed by atoms with van der Waals surface area (Å²) in [6.07, 6.45) is 3.99. The molecule has 0 aromatic heterocycles. The van der Waals surface area contributed by atoms with Crippen LogP contribution in [0.3, 0.4) is 0 Å². The lowest BCUT2D eigenvalue weighted by Crippen LogP contribution is -2.40. The van der Waals surface area contributed by atoms with Gasteiger partial charge in [-0.05, 0) is 31.2 Å². The molecule has 0 bridgehead atoms. The van der Waals surface area contributed by atoms with Gasteiger partial charge in [0.1, 0.15) is 0 Å². The summed E-state index contributed by atoms with van der Waals surface area (Å²) in [7, 11) is 0. The van der Waals surface area contributed by atoms with Crippen LogP contribution in [0.2, 0.25) is 0 Å². The fourth-order valence-electron chi connectivity index (χ4n) is 1.68. The van der Waals surface area contributed by atoms with Crippen LogP contribution in [0.1, 0.15) is 33.1 Å². The van der Waals surface area contributed by atoms with Crippen LogP contribution < -0.4 is 11.1 Å². The molecular weight excluding hydrogens is 176 g/mol. The topological polar surface area (TPSA) is 47.3 Å². The molecule has 1 saturated heterocycles. The van der Waals surface area contributed by atoms with Crippen molar-refractivity contribution < 1.29 is 4.74 Å². The quantitative estimate of drug-likeness (QED) is 0.675. The zero-order valence-electron chi connectivity index (χ0n) is 9.51. The smallest absolute Gasteiger partial charge is 0.0700 e. The number of hydrogen-bond donors (Lipinski definition) is 2. The summed E-state index contributed by atoms with van der Waals surface area (Å²) >= 11 is 0. The van der Waals surface area contributed by atoms with E-state index in [2.05, 4.69) is 19.2 Å². The van der Waals surface area contributed by atoms with Gasteiger partial charge in [-0.3, -0.25) is 0 Å². The van der Waals surface area contributed by atoms with Gasteiger partial charge >= 0.3 is 0 Å². The highest BCUT2D eigenvalue weighted by atomic mass is 16.5. The van der Waals surface area contributed by atoms with Gasteiger partial charge in [-0.2, -0.15) is 0 Å². The third kappa shape index (κ3) is 3.56. The first kappa shape index (κ1) is 12.0. The van der Waals surface area contributed by atoms with Crippen molar-refractivity contribution in [2.45, 2.75) is 39.2 Å². The highest BCUT2D eigenvalue weighted by Crippen LogP contribution is 2.18. The summed E-state index contributed by atoms with van der Waals surface area (Å²) in [5.74, 6) is 0. The van der Waals surface area contributed by atoms with Crippen molar-refractivity contribution in [2.24, 2.45) is 11.1 Å². The number of nitrogens with one attached hydrogen (secondary N) is 1. The molecule has 1 aliphatic heterocycles. The minimum Gasteiger partial charge on any atom is -0.377 e. The number of hydrogen-bond acceptors (Lipinski definition) is 3.